The first-order valence-corrected chi connectivity index (χ1v) is 9.29. The maximum absolute atomic E-state index is 12.4. The average Bonchev–Trinajstić information content (AvgIpc) is 3.02. The minimum Gasteiger partial charge on any atom is -0.478 e. The Hall–Kier alpha value is -2.71. The number of carboxylic acids is 1. The van der Waals surface area contributed by atoms with Gasteiger partial charge in [-0.1, -0.05) is 29.2 Å². The molecule has 0 aliphatic heterocycles. The largest absolute Gasteiger partial charge is 0.478 e. The number of hydrogen-bond acceptors (Lipinski definition) is 6. The molecule has 0 atom stereocenters. The molecule has 3 aromatic rings. The van der Waals surface area contributed by atoms with E-state index in [9.17, 15) is 9.59 Å². The molecule has 1 amide bonds. The summed E-state index contributed by atoms with van der Waals surface area (Å²) >= 11 is 3.05. The van der Waals surface area contributed by atoms with Crippen LogP contribution in [0.25, 0.3) is 0 Å². The van der Waals surface area contributed by atoms with Crippen LogP contribution in [-0.2, 0) is 0 Å². The zero-order valence-electron chi connectivity index (χ0n) is 14.0. The first kappa shape index (κ1) is 18.1. The van der Waals surface area contributed by atoms with E-state index in [0.29, 0.717) is 11.3 Å². The van der Waals surface area contributed by atoms with Crippen molar-refractivity contribution in [2.45, 2.75) is 23.1 Å². The Morgan fingerprint density at radius 3 is 2.50 bits per heavy atom. The number of anilines is 1. The summed E-state index contributed by atoms with van der Waals surface area (Å²) in [5.41, 5.74) is 1.95. The third-order valence-corrected chi connectivity index (χ3v) is 5.41. The summed E-state index contributed by atoms with van der Waals surface area (Å²) < 4.78 is 0.865. The lowest BCUT2D eigenvalue weighted by Crippen LogP contribution is -2.13. The molecule has 8 heteroatoms. The number of carbonyl (C=O) groups is 2. The molecule has 0 radical (unpaired) electrons. The molecule has 0 saturated heterocycles. The summed E-state index contributed by atoms with van der Waals surface area (Å²) in [5.74, 6) is -1.42. The van der Waals surface area contributed by atoms with Crippen LogP contribution < -0.4 is 5.32 Å². The van der Waals surface area contributed by atoms with Crippen LogP contribution in [0, 0.1) is 13.8 Å². The number of carbonyl (C=O) groups excluding carboxylic acids is 1. The third kappa shape index (κ3) is 4.27. The van der Waals surface area contributed by atoms with Gasteiger partial charge in [0.2, 0.25) is 0 Å². The lowest BCUT2D eigenvalue weighted by atomic mass is 10.1. The van der Waals surface area contributed by atoms with Crippen molar-refractivity contribution in [3.63, 3.8) is 0 Å². The number of hydrogen-bond donors (Lipinski definition) is 2. The molecule has 1 heterocycles. The van der Waals surface area contributed by atoms with Gasteiger partial charge in [0, 0.05) is 16.1 Å². The van der Waals surface area contributed by atoms with E-state index in [1.807, 2.05) is 32.0 Å². The fourth-order valence-electron chi connectivity index (χ4n) is 2.25. The van der Waals surface area contributed by atoms with E-state index in [1.165, 1.54) is 35.2 Å². The molecule has 0 fully saturated rings. The zero-order valence-corrected chi connectivity index (χ0v) is 15.6. The summed E-state index contributed by atoms with van der Waals surface area (Å²) in [4.78, 5) is 24.4. The van der Waals surface area contributed by atoms with Crippen molar-refractivity contribution in [3.05, 3.63) is 64.2 Å². The maximum Gasteiger partial charge on any atom is 0.335 e. The Bertz CT molecular complexity index is 985. The van der Waals surface area contributed by atoms with Crippen molar-refractivity contribution >= 4 is 40.7 Å². The second-order valence-corrected chi connectivity index (χ2v) is 8.01. The number of nitrogens with zero attached hydrogens (tertiary/aromatic N) is 2. The SMILES string of the molecule is Cc1nnc(Sc2ccc(NC(=O)c3cccc(C(=O)O)c3)c(C)c2)s1. The van der Waals surface area contributed by atoms with E-state index in [0.717, 1.165) is 19.8 Å². The van der Waals surface area contributed by atoms with E-state index in [-0.39, 0.29) is 11.5 Å². The molecule has 0 saturated carbocycles. The molecule has 2 N–H and O–H groups in total. The molecule has 132 valence electrons. The van der Waals surface area contributed by atoms with Crippen molar-refractivity contribution in [1.29, 1.82) is 0 Å². The third-order valence-electron chi connectivity index (χ3n) is 3.53. The highest BCUT2D eigenvalue weighted by atomic mass is 32.2. The standard InChI is InChI=1S/C18H15N3O3S2/c1-10-8-14(26-18-21-20-11(2)25-18)6-7-15(10)19-16(22)12-4-3-5-13(9-12)17(23)24/h3-9H,1-2H3,(H,19,22)(H,23,24). The van der Waals surface area contributed by atoms with Gasteiger partial charge < -0.3 is 10.4 Å². The van der Waals surface area contributed by atoms with Crippen molar-refractivity contribution in [3.8, 4) is 0 Å². The monoisotopic (exact) mass is 385 g/mol. The normalized spacial score (nSPS) is 10.5. The summed E-state index contributed by atoms with van der Waals surface area (Å²) in [6.07, 6.45) is 0. The number of aromatic nitrogens is 2. The van der Waals surface area contributed by atoms with Gasteiger partial charge in [0.05, 0.1) is 5.56 Å². The van der Waals surface area contributed by atoms with Crippen molar-refractivity contribution in [2.24, 2.45) is 0 Å². The van der Waals surface area contributed by atoms with Gasteiger partial charge in [-0.2, -0.15) is 0 Å². The van der Waals surface area contributed by atoms with Gasteiger partial charge >= 0.3 is 5.97 Å². The molecular formula is C18H15N3O3S2. The first-order valence-electron chi connectivity index (χ1n) is 7.65. The van der Waals surface area contributed by atoms with E-state index < -0.39 is 5.97 Å². The highest BCUT2D eigenvalue weighted by Gasteiger charge is 2.12. The molecule has 2 aromatic carbocycles. The minimum absolute atomic E-state index is 0.0773. The molecule has 0 spiro atoms. The zero-order chi connectivity index (χ0) is 18.7. The second kappa shape index (κ2) is 7.67. The van der Waals surface area contributed by atoms with Gasteiger partial charge in [0.25, 0.3) is 5.91 Å². The molecule has 6 nitrogen and oxygen atoms in total. The van der Waals surface area contributed by atoms with Crippen LogP contribution in [0.4, 0.5) is 5.69 Å². The maximum atomic E-state index is 12.4. The average molecular weight is 385 g/mol. The number of aromatic carboxylic acids is 1. The second-order valence-electron chi connectivity index (χ2n) is 5.51. The Labute approximate surface area is 158 Å². The van der Waals surface area contributed by atoms with Gasteiger partial charge in [-0.05, 0) is 55.8 Å². The van der Waals surface area contributed by atoms with Gasteiger partial charge in [0.1, 0.15) is 5.01 Å². The molecule has 0 aliphatic rings. The summed E-state index contributed by atoms with van der Waals surface area (Å²) in [6.45, 7) is 3.81. The number of rotatable bonds is 5. The molecule has 0 aliphatic carbocycles. The van der Waals surface area contributed by atoms with Crippen LogP contribution in [0.15, 0.2) is 51.7 Å². The minimum atomic E-state index is -1.07. The van der Waals surface area contributed by atoms with E-state index in [4.69, 9.17) is 5.11 Å². The number of amides is 1. The predicted molar refractivity (Wildman–Crippen MR) is 101 cm³/mol. The Morgan fingerprint density at radius 2 is 1.85 bits per heavy atom. The Kier molecular flexibility index (Phi) is 5.34. The van der Waals surface area contributed by atoms with Gasteiger partial charge in [-0.25, -0.2) is 4.79 Å². The number of nitrogens with one attached hydrogen (secondary N) is 1. The van der Waals surface area contributed by atoms with Crippen LogP contribution in [-0.4, -0.2) is 27.2 Å². The molecule has 26 heavy (non-hydrogen) atoms. The van der Waals surface area contributed by atoms with Crippen LogP contribution in [0.1, 0.15) is 31.3 Å². The number of benzene rings is 2. The molecule has 3 rings (SSSR count). The fraction of sp³-hybridized carbons (Fsp3) is 0.111. The fourth-order valence-corrected chi connectivity index (χ4v) is 4.14. The Morgan fingerprint density at radius 1 is 1.08 bits per heavy atom. The lowest BCUT2D eigenvalue weighted by Gasteiger charge is -2.10. The number of aryl methyl sites for hydroxylation is 2. The quantitative estimate of drug-likeness (QED) is 0.682. The number of carboxylic acid groups (broad SMARTS) is 1. The topological polar surface area (TPSA) is 92.2 Å². The van der Waals surface area contributed by atoms with Crippen LogP contribution >= 0.6 is 23.1 Å². The van der Waals surface area contributed by atoms with Gasteiger partial charge in [-0.3, -0.25) is 4.79 Å². The first-order chi connectivity index (χ1) is 12.4. The van der Waals surface area contributed by atoms with Crippen LogP contribution in [0.5, 0.6) is 0 Å². The van der Waals surface area contributed by atoms with Crippen LogP contribution in [0.2, 0.25) is 0 Å². The highest BCUT2D eigenvalue weighted by Crippen LogP contribution is 2.32. The lowest BCUT2D eigenvalue weighted by molar-refractivity contribution is 0.0697. The molecule has 0 unspecified atom stereocenters. The predicted octanol–water partition coefficient (Wildman–Crippen LogP) is 4.26. The smallest absolute Gasteiger partial charge is 0.335 e. The van der Waals surface area contributed by atoms with E-state index in [1.54, 1.807) is 12.1 Å². The summed E-state index contributed by atoms with van der Waals surface area (Å²) in [5, 5.41) is 20.9. The molecule has 0 bridgehead atoms. The van der Waals surface area contributed by atoms with Crippen molar-refractivity contribution in [1.82, 2.24) is 10.2 Å². The summed E-state index contributed by atoms with van der Waals surface area (Å²) in [6, 6.07) is 11.6. The van der Waals surface area contributed by atoms with E-state index >= 15 is 0 Å². The van der Waals surface area contributed by atoms with Gasteiger partial charge in [-0.15, -0.1) is 10.2 Å². The van der Waals surface area contributed by atoms with Gasteiger partial charge in [0.15, 0.2) is 4.34 Å². The van der Waals surface area contributed by atoms with Crippen molar-refractivity contribution < 1.29 is 14.7 Å². The van der Waals surface area contributed by atoms with Crippen molar-refractivity contribution in [2.75, 3.05) is 5.32 Å². The molecule has 1 aromatic heterocycles. The Balaban J connectivity index is 1.74. The van der Waals surface area contributed by atoms with Crippen LogP contribution in [0.3, 0.4) is 0 Å². The summed E-state index contributed by atoms with van der Waals surface area (Å²) in [7, 11) is 0. The molecular weight excluding hydrogens is 370 g/mol. The highest BCUT2D eigenvalue weighted by molar-refractivity contribution is 8.01. The van der Waals surface area contributed by atoms with E-state index in [2.05, 4.69) is 15.5 Å².